The van der Waals surface area contributed by atoms with E-state index in [0.717, 1.165) is 3.97 Å². The molecular formula is C18H9Cl2N5O2S. The first-order valence-electron chi connectivity index (χ1n) is 7.83. The molecule has 0 aliphatic rings. The zero-order chi connectivity index (χ0) is 19.9. The van der Waals surface area contributed by atoms with Gasteiger partial charge in [0.2, 0.25) is 5.28 Å². The van der Waals surface area contributed by atoms with Gasteiger partial charge in [-0.15, -0.1) is 0 Å². The molecule has 4 aromatic rings. The van der Waals surface area contributed by atoms with Crippen LogP contribution in [0, 0.1) is 11.3 Å². The third-order valence-electron chi connectivity index (χ3n) is 4.00. The van der Waals surface area contributed by atoms with Crippen molar-refractivity contribution in [2.45, 2.75) is 4.90 Å². The van der Waals surface area contributed by atoms with Gasteiger partial charge < -0.3 is 0 Å². The SMILES string of the molecule is N#Cc1ccc2c(-c3nc(Cl)ncc3Cl)cn(S(=O)(=O)c3ccccc3)c2n1. The minimum atomic E-state index is -3.98. The quantitative estimate of drug-likeness (QED) is 0.457. The van der Waals surface area contributed by atoms with Crippen LogP contribution in [0.1, 0.15) is 5.69 Å². The van der Waals surface area contributed by atoms with Gasteiger partial charge in [-0.1, -0.05) is 29.8 Å². The lowest BCUT2D eigenvalue weighted by Crippen LogP contribution is -2.12. The van der Waals surface area contributed by atoms with Crippen LogP contribution in [0.4, 0.5) is 0 Å². The van der Waals surface area contributed by atoms with Gasteiger partial charge in [0.1, 0.15) is 11.8 Å². The van der Waals surface area contributed by atoms with E-state index in [1.807, 2.05) is 6.07 Å². The van der Waals surface area contributed by atoms with Crippen LogP contribution in [-0.2, 0) is 10.0 Å². The Morgan fingerprint density at radius 1 is 1.04 bits per heavy atom. The molecule has 0 aliphatic carbocycles. The summed E-state index contributed by atoms with van der Waals surface area (Å²) in [6.45, 7) is 0. The lowest BCUT2D eigenvalue weighted by Gasteiger charge is -2.06. The van der Waals surface area contributed by atoms with E-state index in [1.54, 1.807) is 24.3 Å². The lowest BCUT2D eigenvalue weighted by atomic mass is 10.1. The molecule has 28 heavy (non-hydrogen) atoms. The molecule has 0 radical (unpaired) electrons. The largest absolute Gasteiger partial charge is 0.269 e. The van der Waals surface area contributed by atoms with Gasteiger partial charge >= 0.3 is 0 Å². The molecule has 3 heterocycles. The summed E-state index contributed by atoms with van der Waals surface area (Å²) in [6, 6.07) is 12.9. The highest BCUT2D eigenvalue weighted by Crippen LogP contribution is 2.35. The number of nitrogens with zero attached hydrogens (tertiary/aromatic N) is 5. The topological polar surface area (TPSA) is 102 Å². The monoisotopic (exact) mass is 429 g/mol. The van der Waals surface area contributed by atoms with Crippen LogP contribution in [0.2, 0.25) is 10.3 Å². The van der Waals surface area contributed by atoms with E-state index < -0.39 is 10.0 Å². The molecule has 0 bridgehead atoms. The predicted molar refractivity (Wildman–Crippen MR) is 105 cm³/mol. The molecule has 0 fully saturated rings. The van der Waals surface area contributed by atoms with Crippen molar-refractivity contribution in [2.24, 2.45) is 0 Å². The summed E-state index contributed by atoms with van der Waals surface area (Å²) in [5.74, 6) is 0. The van der Waals surface area contributed by atoms with Crippen molar-refractivity contribution in [3.8, 4) is 17.3 Å². The first-order chi connectivity index (χ1) is 13.4. The summed E-state index contributed by atoms with van der Waals surface area (Å²) < 4.78 is 27.4. The van der Waals surface area contributed by atoms with E-state index in [2.05, 4.69) is 15.0 Å². The predicted octanol–water partition coefficient (Wildman–Crippen LogP) is 3.91. The zero-order valence-electron chi connectivity index (χ0n) is 13.9. The Kier molecular flexibility index (Phi) is 4.51. The molecule has 1 aromatic carbocycles. The second-order valence-electron chi connectivity index (χ2n) is 5.67. The van der Waals surface area contributed by atoms with Gasteiger partial charge in [0.05, 0.1) is 21.8 Å². The van der Waals surface area contributed by atoms with Gasteiger partial charge in [-0.05, 0) is 35.9 Å². The van der Waals surface area contributed by atoms with Crippen LogP contribution in [0.3, 0.4) is 0 Å². The minimum absolute atomic E-state index is 0.0344. The van der Waals surface area contributed by atoms with E-state index in [9.17, 15) is 13.7 Å². The van der Waals surface area contributed by atoms with Crippen molar-refractivity contribution in [3.05, 3.63) is 70.9 Å². The number of halogens is 2. The molecule has 0 spiro atoms. The van der Waals surface area contributed by atoms with E-state index in [4.69, 9.17) is 23.2 Å². The van der Waals surface area contributed by atoms with E-state index >= 15 is 0 Å². The molecule has 0 N–H and O–H groups in total. The summed E-state index contributed by atoms with van der Waals surface area (Å²) in [7, 11) is -3.98. The standard InChI is InChI=1S/C18H9Cl2N5O2S/c19-15-9-22-18(20)24-16(15)14-10-25(17-13(14)7-6-11(8-21)23-17)28(26,27)12-4-2-1-3-5-12/h1-7,9-10H. The maximum atomic E-state index is 13.2. The summed E-state index contributed by atoms with van der Waals surface area (Å²) >= 11 is 12.1. The van der Waals surface area contributed by atoms with Crippen molar-refractivity contribution >= 4 is 44.3 Å². The van der Waals surface area contributed by atoms with Gasteiger partial charge in [0.25, 0.3) is 10.0 Å². The van der Waals surface area contributed by atoms with E-state index in [1.165, 1.54) is 30.6 Å². The van der Waals surface area contributed by atoms with Gasteiger partial charge in [-0.2, -0.15) is 5.26 Å². The Morgan fingerprint density at radius 3 is 2.50 bits per heavy atom. The molecule has 0 amide bonds. The molecule has 7 nitrogen and oxygen atoms in total. The fourth-order valence-corrected chi connectivity index (χ4v) is 4.41. The van der Waals surface area contributed by atoms with Crippen molar-refractivity contribution in [2.75, 3.05) is 0 Å². The zero-order valence-corrected chi connectivity index (χ0v) is 16.2. The van der Waals surface area contributed by atoms with Crippen LogP contribution in [0.5, 0.6) is 0 Å². The Balaban J connectivity index is 2.08. The Bertz CT molecular complexity index is 1360. The molecule has 0 aliphatic heterocycles. The molecule has 138 valence electrons. The highest BCUT2D eigenvalue weighted by Gasteiger charge is 2.24. The molecule has 0 unspecified atom stereocenters. The fourth-order valence-electron chi connectivity index (χ4n) is 2.75. The Morgan fingerprint density at radius 2 is 1.79 bits per heavy atom. The average Bonchev–Trinajstić information content (AvgIpc) is 3.09. The minimum Gasteiger partial charge on any atom is -0.225 e. The third-order valence-corrected chi connectivity index (χ3v) is 6.13. The van der Waals surface area contributed by atoms with Crippen molar-refractivity contribution < 1.29 is 8.42 Å². The molecule has 0 atom stereocenters. The number of nitriles is 1. The maximum absolute atomic E-state index is 13.2. The van der Waals surface area contributed by atoms with Gasteiger partial charge in [0, 0.05) is 17.1 Å². The number of aromatic nitrogens is 4. The van der Waals surface area contributed by atoms with E-state index in [0.29, 0.717) is 10.9 Å². The first kappa shape index (κ1) is 18.4. The number of rotatable bonds is 3. The molecular weight excluding hydrogens is 421 g/mol. The molecule has 0 saturated carbocycles. The fraction of sp³-hybridized carbons (Fsp3) is 0. The molecule has 4 rings (SSSR count). The van der Waals surface area contributed by atoms with Crippen LogP contribution in [0.25, 0.3) is 22.3 Å². The second-order valence-corrected chi connectivity index (χ2v) is 8.23. The normalized spacial score (nSPS) is 11.5. The van der Waals surface area contributed by atoms with Crippen LogP contribution < -0.4 is 0 Å². The van der Waals surface area contributed by atoms with Crippen LogP contribution in [0.15, 0.2) is 59.8 Å². The van der Waals surface area contributed by atoms with Crippen molar-refractivity contribution in [1.29, 1.82) is 5.26 Å². The summed E-state index contributed by atoms with van der Waals surface area (Å²) in [5.41, 5.74) is 0.832. The Hall–Kier alpha value is -2.99. The second kappa shape index (κ2) is 6.87. The van der Waals surface area contributed by atoms with Crippen LogP contribution >= 0.6 is 23.2 Å². The molecule has 10 heteroatoms. The van der Waals surface area contributed by atoms with Gasteiger partial charge in [-0.25, -0.2) is 27.3 Å². The smallest absolute Gasteiger partial charge is 0.225 e. The Labute approximate surface area is 169 Å². The third kappa shape index (κ3) is 2.99. The number of benzene rings is 1. The highest BCUT2D eigenvalue weighted by molar-refractivity contribution is 7.90. The highest BCUT2D eigenvalue weighted by atomic mass is 35.5. The maximum Gasteiger partial charge on any atom is 0.269 e. The summed E-state index contributed by atoms with van der Waals surface area (Å²) in [4.78, 5) is 12.2. The van der Waals surface area contributed by atoms with Gasteiger partial charge in [0.15, 0.2) is 5.65 Å². The first-order valence-corrected chi connectivity index (χ1v) is 10.0. The van der Waals surface area contributed by atoms with Crippen molar-refractivity contribution in [3.63, 3.8) is 0 Å². The number of pyridine rings is 1. The number of hydrogen-bond donors (Lipinski definition) is 0. The average molecular weight is 430 g/mol. The van der Waals surface area contributed by atoms with Crippen LogP contribution in [-0.4, -0.2) is 27.3 Å². The van der Waals surface area contributed by atoms with E-state index in [-0.39, 0.29) is 32.2 Å². The molecule has 0 saturated heterocycles. The number of hydrogen-bond acceptors (Lipinski definition) is 6. The number of fused-ring (bicyclic) bond motifs is 1. The summed E-state index contributed by atoms with van der Waals surface area (Å²) in [6.07, 6.45) is 2.70. The van der Waals surface area contributed by atoms with Gasteiger partial charge in [-0.3, -0.25) is 0 Å². The van der Waals surface area contributed by atoms with Crippen molar-refractivity contribution in [1.82, 2.24) is 18.9 Å². The summed E-state index contributed by atoms with van der Waals surface area (Å²) in [5, 5.41) is 9.80. The lowest BCUT2D eigenvalue weighted by molar-refractivity contribution is 0.589. The molecule has 3 aromatic heterocycles.